The predicted octanol–water partition coefficient (Wildman–Crippen LogP) is 2.93. The normalized spacial score (nSPS) is 15.8. The molecule has 2 rings (SSSR count). The predicted molar refractivity (Wildman–Crippen MR) is 72.1 cm³/mol. The molecule has 1 heterocycles. The highest BCUT2D eigenvalue weighted by Gasteiger charge is 2.28. The maximum atomic E-state index is 14.4. The van der Waals surface area contributed by atoms with Crippen molar-refractivity contribution < 1.29 is 23.8 Å². The van der Waals surface area contributed by atoms with E-state index in [-0.39, 0.29) is 6.42 Å². The molecule has 0 saturated heterocycles. The third-order valence-electron chi connectivity index (χ3n) is 3.36. The fraction of sp³-hybridized carbons (Fsp3) is 0.533. The van der Waals surface area contributed by atoms with E-state index >= 15 is 0 Å². The van der Waals surface area contributed by atoms with Gasteiger partial charge in [-0.15, -0.1) is 0 Å². The Morgan fingerprint density at radius 2 is 1.90 bits per heavy atom. The van der Waals surface area contributed by atoms with E-state index in [0.29, 0.717) is 35.8 Å². The van der Waals surface area contributed by atoms with Crippen LogP contribution in [-0.2, 0) is 16.9 Å². The van der Waals surface area contributed by atoms with Gasteiger partial charge in [0, 0.05) is 0 Å². The van der Waals surface area contributed by atoms with Crippen LogP contribution in [0.25, 0.3) is 0 Å². The van der Waals surface area contributed by atoms with Crippen molar-refractivity contribution in [1.29, 1.82) is 0 Å². The van der Waals surface area contributed by atoms with Crippen molar-refractivity contribution in [2.24, 2.45) is 5.92 Å². The summed E-state index contributed by atoms with van der Waals surface area (Å²) in [5.41, 5.74) is -0.463. The summed E-state index contributed by atoms with van der Waals surface area (Å²) >= 11 is 0. The number of carbonyl (C=O) groups is 1. The second-order valence-electron chi connectivity index (χ2n) is 5.57. The Morgan fingerprint density at radius 1 is 1.35 bits per heavy atom. The molecular weight excluding hydrogens is 263 g/mol. The lowest BCUT2D eigenvalue weighted by Crippen LogP contribution is -2.21. The molecule has 20 heavy (non-hydrogen) atoms. The quantitative estimate of drug-likeness (QED) is 0.922. The molecule has 110 valence electrons. The lowest BCUT2D eigenvalue weighted by atomic mass is 9.89. The summed E-state index contributed by atoms with van der Waals surface area (Å²) in [6.45, 7) is 5.39. The molecule has 1 aromatic carbocycles. The number of rotatable bonds is 4. The third-order valence-corrected chi connectivity index (χ3v) is 3.36. The van der Waals surface area contributed by atoms with Crippen LogP contribution in [0.5, 0.6) is 11.5 Å². The highest BCUT2D eigenvalue weighted by molar-refractivity contribution is 5.70. The smallest absolute Gasteiger partial charge is 0.306 e. The molecule has 1 aliphatic heterocycles. The van der Waals surface area contributed by atoms with E-state index in [2.05, 4.69) is 0 Å². The molecule has 4 nitrogen and oxygen atoms in total. The highest BCUT2D eigenvalue weighted by Crippen LogP contribution is 2.39. The molecule has 0 fully saturated rings. The average molecular weight is 282 g/mol. The third kappa shape index (κ3) is 3.03. The van der Waals surface area contributed by atoms with E-state index in [0.717, 1.165) is 0 Å². The molecule has 0 saturated carbocycles. The summed E-state index contributed by atoms with van der Waals surface area (Å²) in [5.74, 6) is -0.415. The first-order chi connectivity index (χ1) is 9.29. The van der Waals surface area contributed by atoms with Crippen LogP contribution in [-0.4, -0.2) is 24.3 Å². The van der Waals surface area contributed by atoms with E-state index in [9.17, 15) is 9.18 Å². The van der Waals surface area contributed by atoms with Crippen LogP contribution in [0.4, 0.5) is 4.39 Å². The topological polar surface area (TPSA) is 55.8 Å². The molecule has 0 aromatic heterocycles. The van der Waals surface area contributed by atoms with Crippen molar-refractivity contribution in [3.63, 3.8) is 0 Å². The van der Waals surface area contributed by atoms with Gasteiger partial charge in [0.2, 0.25) is 0 Å². The van der Waals surface area contributed by atoms with Crippen LogP contribution in [0.3, 0.4) is 0 Å². The molecule has 0 aliphatic carbocycles. The molecule has 0 spiro atoms. The van der Waals surface area contributed by atoms with Gasteiger partial charge in [-0.1, -0.05) is 6.92 Å². The van der Waals surface area contributed by atoms with Gasteiger partial charge in [-0.05, 0) is 43.5 Å². The molecule has 1 aliphatic rings. The molecule has 1 aromatic rings. The van der Waals surface area contributed by atoms with Gasteiger partial charge in [0.25, 0.3) is 0 Å². The Bertz CT molecular complexity index is 519. The molecule has 1 N–H and O–H groups in total. The number of carboxylic acid groups (broad SMARTS) is 1. The highest BCUT2D eigenvalue weighted by atomic mass is 19.1. The van der Waals surface area contributed by atoms with Crippen molar-refractivity contribution in [1.82, 2.24) is 0 Å². The Hall–Kier alpha value is -1.78. The minimum atomic E-state index is -1.57. The number of alkyl halides is 1. The van der Waals surface area contributed by atoms with E-state index in [4.69, 9.17) is 14.6 Å². The first-order valence-corrected chi connectivity index (χ1v) is 6.63. The lowest BCUT2D eigenvalue weighted by Gasteiger charge is -2.25. The van der Waals surface area contributed by atoms with Crippen molar-refractivity contribution in [2.45, 2.75) is 32.9 Å². The van der Waals surface area contributed by atoms with E-state index in [1.807, 2.05) is 0 Å². The van der Waals surface area contributed by atoms with Crippen LogP contribution in [0.1, 0.15) is 31.9 Å². The zero-order valence-corrected chi connectivity index (χ0v) is 11.9. The number of hydrogen-bond acceptors (Lipinski definition) is 3. The summed E-state index contributed by atoms with van der Waals surface area (Å²) in [6.07, 6.45) is 0.259. The van der Waals surface area contributed by atoms with E-state index < -0.39 is 17.6 Å². The summed E-state index contributed by atoms with van der Waals surface area (Å²) in [6, 6.07) is 3.32. The summed E-state index contributed by atoms with van der Waals surface area (Å²) in [5, 5.41) is 9.03. The minimum Gasteiger partial charge on any atom is -0.486 e. The first kappa shape index (κ1) is 14.6. The van der Waals surface area contributed by atoms with Crippen molar-refractivity contribution in [3.05, 3.63) is 23.3 Å². The molecular formula is C15H19FO4. The lowest BCUT2D eigenvalue weighted by molar-refractivity contribution is -0.141. The Balaban J connectivity index is 2.44. The number of ether oxygens (including phenoxy) is 2. The second kappa shape index (κ2) is 5.31. The molecule has 0 amide bonds. The number of fused-ring (bicyclic) bond motifs is 1. The van der Waals surface area contributed by atoms with Crippen LogP contribution in [0.15, 0.2) is 12.1 Å². The van der Waals surface area contributed by atoms with Crippen LogP contribution >= 0.6 is 0 Å². The number of halogens is 1. The van der Waals surface area contributed by atoms with Crippen molar-refractivity contribution >= 4 is 5.97 Å². The summed E-state index contributed by atoms with van der Waals surface area (Å²) in [7, 11) is 0. The molecule has 0 radical (unpaired) electrons. The number of hydrogen-bond donors (Lipinski definition) is 1. The molecule has 5 heteroatoms. The van der Waals surface area contributed by atoms with Gasteiger partial charge in [0.1, 0.15) is 18.9 Å². The summed E-state index contributed by atoms with van der Waals surface area (Å²) < 4.78 is 25.3. The van der Waals surface area contributed by atoms with Crippen molar-refractivity contribution in [2.75, 3.05) is 13.2 Å². The van der Waals surface area contributed by atoms with E-state index in [1.54, 1.807) is 19.1 Å². The minimum absolute atomic E-state index is 0.259. The standard InChI is InChI=1S/C15H19FO4/c1-9(14(17)18)6-10-7-12-13(20-5-4-19-12)8-11(10)15(2,3)16/h7-9H,4-6H2,1-3H3,(H,17,18). The van der Waals surface area contributed by atoms with Gasteiger partial charge in [-0.25, -0.2) is 4.39 Å². The molecule has 0 bridgehead atoms. The Labute approximate surface area is 117 Å². The van der Waals surface area contributed by atoms with Gasteiger partial charge in [0.15, 0.2) is 11.5 Å². The largest absolute Gasteiger partial charge is 0.486 e. The molecule has 1 atom stereocenters. The van der Waals surface area contributed by atoms with Gasteiger partial charge >= 0.3 is 5.97 Å². The maximum Gasteiger partial charge on any atom is 0.306 e. The maximum absolute atomic E-state index is 14.4. The van der Waals surface area contributed by atoms with E-state index in [1.165, 1.54) is 13.8 Å². The van der Waals surface area contributed by atoms with Crippen LogP contribution in [0, 0.1) is 5.92 Å². The van der Waals surface area contributed by atoms with Gasteiger partial charge in [-0.2, -0.15) is 0 Å². The molecule has 1 unspecified atom stereocenters. The Kier molecular flexibility index (Phi) is 3.88. The number of aliphatic carboxylic acids is 1. The zero-order chi connectivity index (χ0) is 14.9. The van der Waals surface area contributed by atoms with Crippen molar-refractivity contribution in [3.8, 4) is 11.5 Å². The van der Waals surface area contributed by atoms with Gasteiger partial charge in [-0.3, -0.25) is 4.79 Å². The van der Waals surface area contributed by atoms with Crippen LogP contribution < -0.4 is 9.47 Å². The van der Waals surface area contributed by atoms with Gasteiger partial charge < -0.3 is 14.6 Å². The second-order valence-corrected chi connectivity index (χ2v) is 5.57. The van der Waals surface area contributed by atoms with Crippen LogP contribution in [0.2, 0.25) is 0 Å². The number of carboxylic acids is 1. The summed E-state index contributed by atoms with van der Waals surface area (Å²) in [4.78, 5) is 11.0. The fourth-order valence-corrected chi connectivity index (χ4v) is 2.27. The van der Waals surface area contributed by atoms with Gasteiger partial charge in [0.05, 0.1) is 5.92 Å². The SMILES string of the molecule is CC(Cc1cc2c(cc1C(C)(C)F)OCCO2)C(=O)O. The first-order valence-electron chi connectivity index (χ1n) is 6.63. The number of benzene rings is 1. The fourth-order valence-electron chi connectivity index (χ4n) is 2.27. The average Bonchev–Trinajstić information content (AvgIpc) is 2.36. The Morgan fingerprint density at radius 3 is 2.40 bits per heavy atom. The monoisotopic (exact) mass is 282 g/mol. The zero-order valence-electron chi connectivity index (χ0n) is 11.9.